The topological polar surface area (TPSA) is 84.1 Å². The number of hydrogen-bond donors (Lipinski definition) is 1. The van der Waals surface area contributed by atoms with Crippen LogP contribution in [-0.2, 0) is 4.74 Å². The molecule has 0 aliphatic carbocycles. The molecule has 1 fully saturated rings. The summed E-state index contributed by atoms with van der Waals surface area (Å²) in [4.78, 5) is 29.9. The van der Waals surface area contributed by atoms with Gasteiger partial charge in [-0.3, -0.25) is 0 Å². The molecular weight excluding hydrogens is 286 g/mol. The molecule has 1 atom stereocenters. The Morgan fingerprint density at radius 3 is 2.82 bits per heavy atom. The van der Waals surface area contributed by atoms with Crippen LogP contribution in [0.1, 0.15) is 39.0 Å². The Labute approximate surface area is 127 Å². The van der Waals surface area contributed by atoms with Gasteiger partial charge in [-0.15, -0.1) is 0 Å². The van der Waals surface area contributed by atoms with Crippen LogP contribution in [0.2, 0.25) is 0 Å². The van der Waals surface area contributed by atoms with Crippen LogP contribution in [-0.4, -0.2) is 58.6 Å². The van der Waals surface area contributed by atoms with Crippen LogP contribution >= 0.6 is 0 Å². The number of esters is 1. The van der Waals surface area contributed by atoms with Crippen molar-refractivity contribution in [2.45, 2.75) is 12.3 Å². The van der Waals surface area contributed by atoms with Gasteiger partial charge in [-0.2, -0.15) is 0 Å². The number of likely N-dealkylation sites (N-methyl/N-ethyl adjacent to an activating group) is 1. The first kappa shape index (κ1) is 14.5. The molecule has 0 radical (unpaired) electrons. The number of pyridine rings is 1. The number of ether oxygens (including phenoxy) is 1. The van der Waals surface area contributed by atoms with Crippen LogP contribution in [0.5, 0.6) is 0 Å². The summed E-state index contributed by atoms with van der Waals surface area (Å²) in [5.74, 6) is -0.879. The van der Waals surface area contributed by atoms with Crippen molar-refractivity contribution < 1.29 is 19.4 Å². The smallest absolute Gasteiger partial charge is 0.356 e. The first-order valence-corrected chi connectivity index (χ1v) is 7.04. The quantitative estimate of drug-likeness (QED) is 0.859. The lowest BCUT2D eigenvalue weighted by Crippen LogP contribution is -2.14. The lowest BCUT2D eigenvalue weighted by atomic mass is 10.1. The number of rotatable bonds is 3. The average molecular weight is 303 g/mol. The zero-order chi connectivity index (χ0) is 15.9. The monoisotopic (exact) mass is 303 g/mol. The fourth-order valence-corrected chi connectivity index (χ4v) is 3.02. The molecule has 3 rings (SSSR count). The number of carbonyl (C=O) groups is 2. The number of aromatic carboxylic acids is 1. The summed E-state index contributed by atoms with van der Waals surface area (Å²) in [6, 6.07) is 3.26. The number of likely N-dealkylation sites (tertiary alicyclic amines) is 1. The number of carboxylic acids is 1. The predicted octanol–water partition coefficient (Wildman–Crippen LogP) is 1.24. The molecule has 2 aromatic rings. The maximum Gasteiger partial charge on any atom is 0.356 e. The number of hydrogen-bond acceptors (Lipinski definition) is 5. The molecule has 0 spiro atoms. The molecule has 1 saturated heterocycles. The van der Waals surface area contributed by atoms with Crippen molar-refractivity contribution in [1.29, 1.82) is 0 Å². The number of imidazole rings is 1. The number of carbonyl (C=O) groups excluding carboxylic acids is 1. The van der Waals surface area contributed by atoms with Crippen LogP contribution < -0.4 is 0 Å². The molecule has 0 aromatic carbocycles. The van der Waals surface area contributed by atoms with Gasteiger partial charge >= 0.3 is 11.9 Å². The van der Waals surface area contributed by atoms with Gasteiger partial charge in [0.25, 0.3) is 0 Å². The van der Waals surface area contributed by atoms with Gasteiger partial charge in [-0.05, 0) is 32.1 Å². The minimum Gasteiger partial charge on any atom is -0.476 e. The van der Waals surface area contributed by atoms with E-state index in [0.29, 0.717) is 11.3 Å². The molecule has 116 valence electrons. The van der Waals surface area contributed by atoms with Crippen molar-refractivity contribution in [3.05, 3.63) is 35.4 Å². The third-order valence-corrected chi connectivity index (χ3v) is 4.06. The highest BCUT2D eigenvalue weighted by atomic mass is 16.5. The van der Waals surface area contributed by atoms with E-state index in [2.05, 4.69) is 9.88 Å². The summed E-state index contributed by atoms with van der Waals surface area (Å²) in [6.45, 7) is 1.76. The second kappa shape index (κ2) is 5.42. The van der Waals surface area contributed by atoms with Gasteiger partial charge < -0.3 is 19.1 Å². The van der Waals surface area contributed by atoms with Crippen LogP contribution in [0.25, 0.3) is 5.52 Å². The first-order valence-electron chi connectivity index (χ1n) is 7.04. The first-order chi connectivity index (χ1) is 10.5. The Bertz CT molecular complexity index is 753. The maximum atomic E-state index is 11.9. The van der Waals surface area contributed by atoms with Gasteiger partial charge in [-0.1, -0.05) is 0 Å². The van der Waals surface area contributed by atoms with E-state index in [4.69, 9.17) is 4.74 Å². The maximum absolute atomic E-state index is 11.9. The Kier molecular flexibility index (Phi) is 3.58. The molecule has 7 heteroatoms. The molecule has 1 aliphatic rings. The molecule has 3 heterocycles. The van der Waals surface area contributed by atoms with Gasteiger partial charge in [0, 0.05) is 18.7 Å². The van der Waals surface area contributed by atoms with Crippen molar-refractivity contribution in [2.75, 3.05) is 27.2 Å². The summed E-state index contributed by atoms with van der Waals surface area (Å²) in [5.41, 5.74) is 0.407. The largest absolute Gasteiger partial charge is 0.476 e. The van der Waals surface area contributed by atoms with E-state index < -0.39 is 11.9 Å². The van der Waals surface area contributed by atoms with E-state index in [1.54, 1.807) is 22.7 Å². The van der Waals surface area contributed by atoms with Gasteiger partial charge in [0.1, 0.15) is 5.82 Å². The predicted molar refractivity (Wildman–Crippen MR) is 78.3 cm³/mol. The molecule has 2 aromatic heterocycles. The third-order valence-electron chi connectivity index (χ3n) is 4.06. The number of carboxylic acid groups (broad SMARTS) is 1. The van der Waals surface area contributed by atoms with Crippen LogP contribution in [0.15, 0.2) is 18.3 Å². The fraction of sp³-hybridized carbons (Fsp3) is 0.400. The number of aromatic nitrogens is 2. The third kappa shape index (κ3) is 2.23. The number of fused-ring (bicyclic) bond motifs is 1. The van der Waals surface area contributed by atoms with Crippen molar-refractivity contribution in [1.82, 2.24) is 14.3 Å². The zero-order valence-corrected chi connectivity index (χ0v) is 12.4. The highest BCUT2D eigenvalue weighted by Gasteiger charge is 2.29. The molecule has 1 unspecified atom stereocenters. The van der Waals surface area contributed by atoms with Gasteiger partial charge in [0.15, 0.2) is 5.69 Å². The van der Waals surface area contributed by atoms with Crippen molar-refractivity contribution in [2.24, 2.45) is 0 Å². The molecule has 22 heavy (non-hydrogen) atoms. The summed E-state index contributed by atoms with van der Waals surface area (Å²) >= 11 is 0. The normalized spacial score (nSPS) is 18.7. The van der Waals surface area contributed by atoms with E-state index in [-0.39, 0.29) is 17.2 Å². The lowest BCUT2D eigenvalue weighted by Gasteiger charge is -2.10. The minimum atomic E-state index is -1.15. The van der Waals surface area contributed by atoms with Gasteiger partial charge in [0.05, 0.1) is 18.2 Å². The summed E-state index contributed by atoms with van der Waals surface area (Å²) in [6.07, 6.45) is 2.66. The SMILES string of the molecule is COC(=O)c1cccn2c(C3CCN(C)C3)nc(C(=O)O)c12. The highest BCUT2D eigenvalue weighted by Crippen LogP contribution is 2.29. The molecule has 0 saturated carbocycles. The molecular formula is C15H17N3O4. The summed E-state index contributed by atoms with van der Waals surface area (Å²) < 4.78 is 6.46. The van der Waals surface area contributed by atoms with Crippen LogP contribution in [0.4, 0.5) is 0 Å². The fourth-order valence-electron chi connectivity index (χ4n) is 3.02. The van der Waals surface area contributed by atoms with Crippen LogP contribution in [0.3, 0.4) is 0 Å². The van der Waals surface area contributed by atoms with Crippen LogP contribution in [0, 0.1) is 0 Å². The Hall–Kier alpha value is -2.41. The van der Waals surface area contributed by atoms with Crippen molar-refractivity contribution >= 4 is 17.5 Å². The standard InChI is InChI=1S/C15H17N3O4/c1-17-7-5-9(8-17)13-16-11(14(19)20)12-10(15(21)22-2)4-3-6-18(12)13/h3-4,6,9H,5,7-8H2,1-2H3,(H,19,20). The summed E-state index contributed by atoms with van der Waals surface area (Å²) in [7, 11) is 3.29. The minimum absolute atomic E-state index is 0.106. The molecule has 0 amide bonds. The highest BCUT2D eigenvalue weighted by molar-refractivity contribution is 6.04. The Morgan fingerprint density at radius 1 is 1.45 bits per heavy atom. The van der Waals surface area contributed by atoms with E-state index in [9.17, 15) is 14.7 Å². The van der Waals surface area contributed by atoms with Gasteiger partial charge in [0.2, 0.25) is 0 Å². The van der Waals surface area contributed by atoms with E-state index in [1.807, 2.05) is 7.05 Å². The molecule has 1 aliphatic heterocycles. The lowest BCUT2D eigenvalue weighted by molar-refractivity contribution is 0.0602. The van der Waals surface area contributed by atoms with Crippen molar-refractivity contribution in [3.8, 4) is 0 Å². The second-order valence-electron chi connectivity index (χ2n) is 5.50. The molecule has 0 bridgehead atoms. The second-order valence-corrected chi connectivity index (χ2v) is 5.50. The van der Waals surface area contributed by atoms with Gasteiger partial charge in [-0.25, -0.2) is 14.6 Å². The Morgan fingerprint density at radius 2 is 2.23 bits per heavy atom. The van der Waals surface area contributed by atoms with Crippen molar-refractivity contribution in [3.63, 3.8) is 0 Å². The zero-order valence-electron chi connectivity index (χ0n) is 12.4. The molecule has 7 nitrogen and oxygen atoms in total. The summed E-state index contributed by atoms with van der Waals surface area (Å²) in [5, 5.41) is 9.43. The number of nitrogens with zero attached hydrogens (tertiary/aromatic N) is 3. The van der Waals surface area contributed by atoms with E-state index >= 15 is 0 Å². The average Bonchev–Trinajstić information content (AvgIpc) is 3.09. The Balaban J connectivity index is 2.23. The van der Waals surface area contributed by atoms with E-state index in [1.165, 1.54) is 7.11 Å². The van der Waals surface area contributed by atoms with E-state index in [0.717, 1.165) is 19.5 Å². The molecule has 1 N–H and O–H groups in total. The number of methoxy groups -OCH3 is 1.